The van der Waals surface area contributed by atoms with Crippen molar-refractivity contribution < 1.29 is 33.8 Å². The number of hydrogen-bond acceptors (Lipinski definition) is 7. The highest BCUT2D eigenvalue weighted by atomic mass is 16.5. The minimum atomic E-state index is -1.13. The smallest absolute Gasteiger partial charge is 0.241 e. The highest BCUT2D eigenvalue weighted by molar-refractivity contribution is 6.24. The molecule has 0 spiro atoms. The van der Waals surface area contributed by atoms with Crippen LogP contribution in [0.15, 0.2) is 60.2 Å². The normalized spacial score (nSPS) is 30.0. The zero-order valence-electron chi connectivity index (χ0n) is 25.9. The van der Waals surface area contributed by atoms with Crippen LogP contribution in [0.4, 0.5) is 5.69 Å². The molecule has 6 atom stereocenters. The van der Waals surface area contributed by atoms with E-state index in [2.05, 4.69) is 0 Å². The number of amides is 4. The van der Waals surface area contributed by atoms with E-state index in [4.69, 9.17) is 9.47 Å². The van der Waals surface area contributed by atoms with Gasteiger partial charge in [-0.2, -0.15) is 0 Å². The number of aromatic hydroxyl groups is 1. The summed E-state index contributed by atoms with van der Waals surface area (Å²) in [6.07, 6.45) is 6.47. The van der Waals surface area contributed by atoms with E-state index >= 15 is 0 Å². The number of phenolic OH excluding ortho intramolecular Hbond substituents is 1. The van der Waals surface area contributed by atoms with Gasteiger partial charge in [0.25, 0.3) is 0 Å². The SMILES string of the molecule is COc1cc(C=C[C@H]2C3=CC[C@@H]4C(=O)N(C(C)(C)C)C(=O)[C@@H]4[C@@H]3C[C@H]3C(=O)N(c4ccccc4)C(=O)[C@@]23C)cc(OC)c1O. The van der Waals surface area contributed by atoms with Crippen LogP contribution < -0.4 is 14.4 Å². The number of para-hydroxylation sites is 1. The molecule has 2 heterocycles. The molecule has 2 aromatic rings. The van der Waals surface area contributed by atoms with E-state index in [1.807, 2.05) is 52.0 Å². The molecule has 2 aliphatic carbocycles. The third kappa shape index (κ3) is 4.19. The van der Waals surface area contributed by atoms with Gasteiger partial charge in [-0.25, -0.2) is 4.90 Å². The largest absolute Gasteiger partial charge is 0.502 e. The Morgan fingerprint density at radius 3 is 2.16 bits per heavy atom. The fourth-order valence-corrected chi connectivity index (χ4v) is 7.92. The number of benzene rings is 2. The lowest BCUT2D eigenvalue weighted by Gasteiger charge is -2.48. The highest BCUT2D eigenvalue weighted by Crippen LogP contribution is 2.61. The first kappa shape index (κ1) is 29.7. The molecular weight excluding hydrogens is 560 g/mol. The lowest BCUT2D eigenvalue weighted by atomic mass is 9.52. The highest BCUT2D eigenvalue weighted by Gasteiger charge is 2.67. The van der Waals surface area contributed by atoms with Crippen molar-refractivity contribution in [2.45, 2.75) is 46.1 Å². The number of allylic oxidation sites excluding steroid dienone is 3. The van der Waals surface area contributed by atoms with Crippen molar-refractivity contribution >= 4 is 35.4 Å². The van der Waals surface area contributed by atoms with E-state index < -0.39 is 34.6 Å². The molecule has 1 saturated carbocycles. The number of carbonyl (C=O) groups excluding carboxylic acids is 4. The number of hydrogen-bond donors (Lipinski definition) is 1. The molecule has 0 aromatic heterocycles. The summed E-state index contributed by atoms with van der Waals surface area (Å²) < 4.78 is 10.7. The predicted molar refractivity (Wildman–Crippen MR) is 164 cm³/mol. The van der Waals surface area contributed by atoms with Crippen LogP contribution in [0.5, 0.6) is 17.2 Å². The molecule has 0 bridgehead atoms. The second kappa shape index (κ2) is 10.4. The molecule has 44 heavy (non-hydrogen) atoms. The first-order valence-corrected chi connectivity index (χ1v) is 15.0. The Balaban J connectivity index is 1.48. The maximum Gasteiger partial charge on any atom is 0.241 e. The maximum absolute atomic E-state index is 14.4. The van der Waals surface area contributed by atoms with E-state index in [0.717, 1.165) is 5.57 Å². The maximum atomic E-state index is 14.4. The summed E-state index contributed by atoms with van der Waals surface area (Å²) >= 11 is 0. The average molecular weight is 599 g/mol. The topological polar surface area (TPSA) is 113 Å². The fraction of sp³-hybridized carbons (Fsp3) is 0.429. The zero-order valence-corrected chi connectivity index (χ0v) is 25.9. The van der Waals surface area contributed by atoms with E-state index in [9.17, 15) is 24.3 Å². The van der Waals surface area contributed by atoms with E-state index in [0.29, 0.717) is 24.1 Å². The van der Waals surface area contributed by atoms with Gasteiger partial charge in [0.05, 0.1) is 43.1 Å². The first-order chi connectivity index (χ1) is 20.8. The molecule has 4 aliphatic rings. The second-order valence-corrected chi connectivity index (χ2v) is 13.4. The Kier molecular flexibility index (Phi) is 6.98. The van der Waals surface area contributed by atoms with Gasteiger partial charge in [-0.15, -0.1) is 0 Å². The van der Waals surface area contributed by atoms with Gasteiger partial charge in [-0.05, 0) is 76.3 Å². The van der Waals surface area contributed by atoms with Crippen LogP contribution in [-0.2, 0) is 19.2 Å². The van der Waals surface area contributed by atoms with Crippen LogP contribution in [0.3, 0.4) is 0 Å². The zero-order chi connectivity index (χ0) is 31.7. The van der Waals surface area contributed by atoms with Gasteiger partial charge in [-0.3, -0.25) is 24.1 Å². The lowest BCUT2D eigenvalue weighted by Crippen LogP contribution is -2.50. The number of carbonyl (C=O) groups is 4. The fourth-order valence-electron chi connectivity index (χ4n) is 7.92. The van der Waals surface area contributed by atoms with Gasteiger partial charge in [0.15, 0.2) is 11.5 Å². The van der Waals surface area contributed by atoms with Gasteiger partial charge in [0, 0.05) is 11.5 Å². The third-order valence-corrected chi connectivity index (χ3v) is 10.0. The monoisotopic (exact) mass is 598 g/mol. The van der Waals surface area contributed by atoms with Crippen molar-refractivity contribution in [3.8, 4) is 17.2 Å². The molecule has 2 aromatic carbocycles. The summed E-state index contributed by atoms with van der Waals surface area (Å²) in [6, 6.07) is 12.2. The summed E-state index contributed by atoms with van der Waals surface area (Å²) in [5.41, 5.74) is 0.283. The van der Waals surface area contributed by atoms with Crippen LogP contribution in [-0.4, -0.2) is 53.4 Å². The van der Waals surface area contributed by atoms with Crippen molar-refractivity contribution in [1.82, 2.24) is 4.90 Å². The summed E-state index contributed by atoms with van der Waals surface area (Å²) in [5, 5.41) is 10.4. The summed E-state index contributed by atoms with van der Waals surface area (Å²) in [5.74, 6) is -3.31. The molecular formula is C35H38N2O7. The number of nitrogens with zero attached hydrogens (tertiary/aromatic N) is 2. The summed E-state index contributed by atoms with van der Waals surface area (Å²) in [7, 11) is 2.90. The van der Waals surface area contributed by atoms with Crippen LogP contribution >= 0.6 is 0 Å². The predicted octanol–water partition coefficient (Wildman–Crippen LogP) is 4.98. The average Bonchev–Trinajstić information content (AvgIpc) is 3.37. The van der Waals surface area contributed by atoms with Crippen LogP contribution in [0.2, 0.25) is 0 Å². The van der Waals surface area contributed by atoms with Crippen LogP contribution in [0.25, 0.3) is 6.08 Å². The third-order valence-electron chi connectivity index (χ3n) is 10.0. The minimum Gasteiger partial charge on any atom is -0.502 e. The molecule has 3 fully saturated rings. The molecule has 0 unspecified atom stereocenters. The molecule has 1 N–H and O–H groups in total. The van der Waals surface area contributed by atoms with Gasteiger partial charge >= 0.3 is 0 Å². The Labute approximate surface area is 257 Å². The quantitative estimate of drug-likeness (QED) is 0.381. The number of rotatable bonds is 5. The van der Waals surface area contributed by atoms with Crippen molar-refractivity contribution in [1.29, 1.82) is 0 Å². The van der Waals surface area contributed by atoms with Gasteiger partial charge in [0.2, 0.25) is 29.4 Å². The number of anilines is 1. The molecule has 4 amide bonds. The molecule has 9 nitrogen and oxygen atoms in total. The Bertz CT molecular complexity index is 1600. The Morgan fingerprint density at radius 2 is 1.57 bits per heavy atom. The van der Waals surface area contributed by atoms with E-state index in [-0.39, 0.29) is 46.8 Å². The number of fused-ring (bicyclic) bond motifs is 4. The number of ether oxygens (including phenoxy) is 2. The van der Waals surface area contributed by atoms with Gasteiger partial charge in [0.1, 0.15) is 0 Å². The molecule has 0 radical (unpaired) electrons. The molecule has 230 valence electrons. The van der Waals surface area contributed by atoms with Crippen molar-refractivity contribution in [2.75, 3.05) is 19.1 Å². The number of likely N-dealkylation sites (tertiary alicyclic amines) is 1. The molecule has 6 rings (SSSR count). The molecule has 2 aliphatic heterocycles. The lowest BCUT2D eigenvalue weighted by molar-refractivity contribution is -0.145. The number of methoxy groups -OCH3 is 2. The summed E-state index contributed by atoms with van der Waals surface area (Å²) in [6.45, 7) is 7.42. The van der Waals surface area contributed by atoms with Crippen molar-refractivity contribution in [2.24, 2.45) is 35.0 Å². The Hall–Kier alpha value is -4.40. The van der Waals surface area contributed by atoms with Crippen molar-refractivity contribution in [3.05, 3.63) is 65.8 Å². The van der Waals surface area contributed by atoms with Crippen LogP contribution in [0, 0.1) is 35.0 Å². The number of phenols is 1. The molecule has 2 saturated heterocycles. The molecule has 9 heteroatoms. The Morgan fingerprint density at radius 1 is 0.932 bits per heavy atom. The van der Waals surface area contributed by atoms with Gasteiger partial charge in [-0.1, -0.05) is 42.0 Å². The second-order valence-electron chi connectivity index (χ2n) is 13.4. The van der Waals surface area contributed by atoms with Crippen molar-refractivity contribution in [3.63, 3.8) is 0 Å². The van der Waals surface area contributed by atoms with E-state index in [1.165, 1.54) is 24.0 Å². The van der Waals surface area contributed by atoms with Gasteiger partial charge < -0.3 is 14.6 Å². The standard InChI is InChI=1S/C35H38N2O7/c1-34(2,3)37-30(39)22-14-13-21-23(28(22)32(37)41)18-25-31(40)36(20-10-8-7-9-11-20)33(42)35(25,4)24(21)15-12-19-16-26(43-5)29(38)27(17-19)44-6/h7-13,15-17,22-25,28,38H,14,18H2,1-6H3/t22-,23+,24-,25-,28-,35-/m0/s1. The van der Waals surface area contributed by atoms with E-state index in [1.54, 1.807) is 36.4 Å². The summed E-state index contributed by atoms with van der Waals surface area (Å²) in [4.78, 5) is 58.7. The first-order valence-electron chi connectivity index (χ1n) is 15.0. The minimum absolute atomic E-state index is 0.124. The number of imide groups is 2. The van der Waals surface area contributed by atoms with Crippen LogP contribution in [0.1, 0.15) is 46.1 Å².